The van der Waals surface area contributed by atoms with E-state index in [0.717, 1.165) is 6.07 Å². The lowest BCUT2D eigenvalue weighted by Crippen LogP contribution is -2.23. The summed E-state index contributed by atoms with van der Waals surface area (Å²) in [5.41, 5.74) is 0.859. The average molecular weight is 413 g/mol. The van der Waals surface area contributed by atoms with E-state index in [1.54, 1.807) is 32.9 Å². The van der Waals surface area contributed by atoms with E-state index >= 15 is 0 Å². The van der Waals surface area contributed by atoms with Crippen LogP contribution in [0.1, 0.15) is 46.7 Å². The monoisotopic (exact) mass is 413 g/mol. The van der Waals surface area contributed by atoms with Gasteiger partial charge in [-0.15, -0.1) is 0 Å². The minimum absolute atomic E-state index is 0.0838. The van der Waals surface area contributed by atoms with Crippen LogP contribution in [0.15, 0.2) is 23.9 Å². The Hall–Kier alpha value is -3.63. The van der Waals surface area contributed by atoms with Crippen LogP contribution in [0.5, 0.6) is 0 Å². The third-order valence-electron chi connectivity index (χ3n) is 4.97. The highest BCUT2D eigenvalue weighted by molar-refractivity contribution is 5.94. The molecule has 1 aliphatic heterocycles. The number of hydrogen-bond donors (Lipinski definition) is 1. The summed E-state index contributed by atoms with van der Waals surface area (Å²) >= 11 is 0. The zero-order chi connectivity index (χ0) is 22.2. The molecular weight excluding hydrogens is 395 g/mol. The van der Waals surface area contributed by atoms with E-state index < -0.39 is 17.8 Å². The number of carbonyl (C=O) groups excluding carboxylic acids is 1. The summed E-state index contributed by atoms with van der Waals surface area (Å²) in [7, 11) is 1.55. The van der Waals surface area contributed by atoms with Gasteiger partial charge in [0.25, 0.3) is 0 Å². The fraction of sp³-hybridized carbons (Fsp3) is 0.286. The summed E-state index contributed by atoms with van der Waals surface area (Å²) in [4.78, 5) is 21.5. The van der Waals surface area contributed by atoms with E-state index in [9.17, 15) is 23.2 Å². The lowest BCUT2D eigenvalue weighted by atomic mass is 9.97. The lowest BCUT2D eigenvalue weighted by Gasteiger charge is -2.27. The molecule has 0 amide bonds. The zero-order valence-electron chi connectivity index (χ0n) is 16.7. The molecule has 1 aromatic carbocycles. The standard InChI is InChI=1S/C21H18F3N5O/c1-11-15(6-5-7-17(11)21(22,23)24)12(2)26-20-16-8-14(9-25)29(4)18(10-30)19(16)27-13(3)28-20/h5-8,12H,1-4H3,(H,26,27,28)/t12-/m1/s1. The smallest absolute Gasteiger partial charge is 0.363 e. The van der Waals surface area contributed by atoms with Gasteiger partial charge in [-0.25, -0.2) is 14.8 Å². The molecule has 0 fully saturated rings. The van der Waals surface area contributed by atoms with Gasteiger partial charge in [0.1, 0.15) is 29.1 Å². The largest absolute Gasteiger partial charge is 0.416 e. The third-order valence-corrected chi connectivity index (χ3v) is 4.97. The molecule has 0 radical (unpaired) electrons. The van der Waals surface area contributed by atoms with Crippen molar-refractivity contribution >= 4 is 23.5 Å². The van der Waals surface area contributed by atoms with Gasteiger partial charge in [-0.3, -0.25) is 0 Å². The van der Waals surface area contributed by atoms with E-state index in [2.05, 4.69) is 15.3 Å². The second-order valence-corrected chi connectivity index (χ2v) is 6.92. The van der Waals surface area contributed by atoms with Crippen molar-refractivity contribution in [3.05, 3.63) is 57.7 Å². The zero-order valence-corrected chi connectivity index (χ0v) is 16.7. The van der Waals surface area contributed by atoms with Gasteiger partial charge in [0, 0.05) is 12.6 Å². The van der Waals surface area contributed by atoms with Crippen molar-refractivity contribution in [3.8, 4) is 6.07 Å². The number of alkyl halides is 3. The first-order valence-electron chi connectivity index (χ1n) is 9.01. The Bertz CT molecular complexity index is 1140. The Balaban J connectivity index is 2.10. The maximum atomic E-state index is 13.3. The molecule has 0 unspecified atom stereocenters. The lowest BCUT2D eigenvalue weighted by molar-refractivity contribution is -0.138. The van der Waals surface area contributed by atoms with Crippen LogP contribution in [0.3, 0.4) is 0 Å². The van der Waals surface area contributed by atoms with Crippen LogP contribution < -0.4 is 5.32 Å². The third kappa shape index (κ3) is 3.65. The Morgan fingerprint density at radius 2 is 1.93 bits per heavy atom. The van der Waals surface area contributed by atoms with Gasteiger partial charge >= 0.3 is 6.18 Å². The molecule has 0 bridgehead atoms. The Kier molecular flexibility index (Phi) is 5.38. The number of aryl methyl sites for hydroxylation is 1. The van der Waals surface area contributed by atoms with Crippen molar-refractivity contribution in [2.45, 2.75) is 33.0 Å². The van der Waals surface area contributed by atoms with Gasteiger partial charge in [0.2, 0.25) is 0 Å². The predicted molar refractivity (Wildman–Crippen MR) is 105 cm³/mol. The number of nitriles is 1. The molecule has 1 N–H and O–H groups in total. The van der Waals surface area contributed by atoms with Crippen LogP contribution in [0, 0.1) is 25.2 Å². The highest BCUT2D eigenvalue weighted by Gasteiger charge is 2.33. The second-order valence-electron chi connectivity index (χ2n) is 6.92. The number of benzene rings is 1. The maximum absolute atomic E-state index is 13.3. The summed E-state index contributed by atoms with van der Waals surface area (Å²) in [6, 6.07) is 5.48. The number of nitrogens with one attached hydrogen (secondary N) is 1. The average Bonchev–Trinajstić information content (AvgIpc) is 2.66. The summed E-state index contributed by atoms with van der Waals surface area (Å²) in [5, 5.41) is 12.5. The molecule has 3 rings (SSSR count). The van der Waals surface area contributed by atoms with Crippen LogP contribution in [0.25, 0.3) is 11.8 Å². The summed E-state index contributed by atoms with van der Waals surface area (Å²) in [6.07, 6.45) is -2.92. The Morgan fingerprint density at radius 3 is 2.53 bits per heavy atom. The number of allylic oxidation sites excluding steroid dienone is 1. The quantitative estimate of drug-likeness (QED) is 0.757. The highest BCUT2D eigenvalue weighted by atomic mass is 19.4. The Morgan fingerprint density at radius 1 is 1.23 bits per heavy atom. The van der Waals surface area contributed by atoms with Gasteiger partial charge in [0.15, 0.2) is 11.6 Å². The van der Waals surface area contributed by atoms with Crippen LogP contribution in [0.4, 0.5) is 19.0 Å². The van der Waals surface area contributed by atoms with Gasteiger partial charge < -0.3 is 10.2 Å². The number of rotatable bonds is 3. The van der Waals surface area contributed by atoms with Crippen molar-refractivity contribution < 1.29 is 18.0 Å². The molecule has 2 heterocycles. The number of fused-ring (bicyclic) bond motifs is 1. The van der Waals surface area contributed by atoms with Crippen molar-refractivity contribution in [1.82, 2.24) is 14.9 Å². The van der Waals surface area contributed by atoms with E-state index in [0.29, 0.717) is 28.5 Å². The highest BCUT2D eigenvalue weighted by Crippen LogP contribution is 2.37. The van der Waals surface area contributed by atoms with Crippen LogP contribution in [-0.2, 0) is 11.0 Å². The molecule has 6 nitrogen and oxygen atoms in total. The fourth-order valence-corrected chi connectivity index (χ4v) is 3.46. The van der Waals surface area contributed by atoms with Crippen molar-refractivity contribution in [3.63, 3.8) is 0 Å². The van der Waals surface area contributed by atoms with Gasteiger partial charge in [0.05, 0.1) is 11.6 Å². The number of nitrogens with zero attached hydrogens (tertiary/aromatic N) is 4. The molecule has 0 saturated carbocycles. The molecule has 1 aliphatic rings. The Labute approximate surface area is 171 Å². The molecule has 0 aliphatic carbocycles. The van der Waals surface area contributed by atoms with Crippen LogP contribution in [-0.4, -0.2) is 27.9 Å². The number of halogens is 3. The summed E-state index contributed by atoms with van der Waals surface area (Å²) < 4.78 is 39.8. The molecule has 30 heavy (non-hydrogen) atoms. The predicted octanol–water partition coefficient (Wildman–Crippen LogP) is 4.27. The SMILES string of the molecule is Cc1nc(N[C@H](C)c2cccc(C(F)(F)F)c2C)c2c(n1)C(=C=O)N(C)C(C#N)=C2. The summed E-state index contributed by atoms with van der Waals surface area (Å²) in [5.74, 6) is 2.48. The fourth-order valence-electron chi connectivity index (χ4n) is 3.46. The molecule has 0 saturated heterocycles. The second kappa shape index (κ2) is 7.65. The number of hydrogen-bond acceptors (Lipinski definition) is 6. The first kappa shape index (κ1) is 21.1. The maximum Gasteiger partial charge on any atom is 0.416 e. The topological polar surface area (TPSA) is 81.9 Å². The van der Waals surface area contributed by atoms with E-state index in [1.165, 1.54) is 24.0 Å². The molecule has 9 heteroatoms. The van der Waals surface area contributed by atoms with Gasteiger partial charge in [-0.05, 0) is 44.0 Å². The van der Waals surface area contributed by atoms with E-state index in [1.807, 2.05) is 6.07 Å². The van der Waals surface area contributed by atoms with Crippen LogP contribution >= 0.6 is 0 Å². The van der Waals surface area contributed by atoms with E-state index in [-0.39, 0.29) is 17.0 Å². The molecule has 0 spiro atoms. The number of aromatic nitrogens is 2. The molecule has 1 aromatic heterocycles. The van der Waals surface area contributed by atoms with Crippen molar-refractivity contribution in [2.75, 3.05) is 12.4 Å². The molecule has 2 aromatic rings. The van der Waals surface area contributed by atoms with Gasteiger partial charge in [-0.1, -0.05) is 12.1 Å². The van der Waals surface area contributed by atoms with Gasteiger partial charge in [-0.2, -0.15) is 18.4 Å². The molecule has 154 valence electrons. The normalized spacial score (nSPS) is 14.4. The first-order valence-corrected chi connectivity index (χ1v) is 9.01. The number of anilines is 1. The van der Waals surface area contributed by atoms with E-state index in [4.69, 9.17) is 0 Å². The van der Waals surface area contributed by atoms with Crippen molar-refractivity contribution in [1.29, 1.82) is 5.26 Å². The van der Waals surface area contributed by atoms with Crippen LogP contribution in [0.2, 0.25) is 0 Å². The first-order chi connectivity index (χ1) is 14.1. The van der Waals surface area contributed by atoms with Crippen molar-refractivity contribution in [2.24, 2.45) is 0 Å². The summed E-state index contributed by atoms with van der Waals surface area (Å²) in [6.45, 7) is 4.77. The molecule has 1 atom stereocenters. The minimum Gasteiger partial charge on any atom is -0.363 e. The minimum atomic E-state index is -4.46. The molecular formula is C21H18F3N5O.